The Bertz CT molecular complexity index is 719. The largest absolute Gasteiger partial charge is 0.326 e. The number of carbonyl (C=O) groups is 2. The number of rotatable bonds is 4. The van der Waals surface area contributed by atoms with Crippen LogP contribution in [0.2, 0.25) is 0 Å². The molecule has 2 aromatic rings. The molecule has 4 nitrogen and oxygen atoms in total. The van der Waals surface area contributed by atoms with Gasteiger partial charge in [-0.05, 0) is 28.7 Å². The van der Waals surface area contributed by atoms with Crippen LogP contribution >= 0.6 is 0 Å². The van der Waals surface area contributed by atoms with Gasteiger partial charge in [0.1, 0.15) is 6.04 Å². The second-order valence-corrected chi connectivity index (χ2v) is 6.19. The fourth-order valence-corrected chi connectivity index (χ4v) is 2.96. The van der Waals surface area contributed by atoms with E-state index in [-0.39, 0.29) is 18.0 Å². The molecule has 1 aliphatic heterocycles. The van der Waals surface area contributed by atoms with Crippen LogP contribution in [0.5, 0.6) is 0 Å². The molecule has 0 radical (unpaired) electrons. The lowest BCUT2D eigenvalue weighted by atomic mass is 10.0. The van der Waals surface area contributed by atoms with E-state index in [1.807, 2.05) is 56.3 Å². The predicted molar refractivity (Wildman–Crippen MR) is 86.3 cm³/mol. The zero-order valence-electron chi connectivity index (χ0n) is 12.9. The molecule has 3 rings (SSSR count). The van der Waals surface area contributed by atoms with Gasteiger partial charge in [-0.15, -0.1) is 0 Å². The van der Waals surface area contributed by atoms with Gasteiger partial charge in [0, 0.05) is 0 Å². The number of nitrogens with zero attached hydrogens (tertiary/aromatic N) is 1. The van der Waals surface area contributed by atoms with Crippen LogP contribution in [-0.2, 0) is 11.3 Å². The van der Waals surface area contributed by atoms with Crippen LogP contribution in [0, 0.1) is 5.92 Å². The third-order valence-electron chi connectivity index (χ3n) is 4.02. The number of carbonyl (C=O) groups excluding carboxylic acids is 2. The van der Waals surface area contributed by atoms with E-state index < -0.39 is 0 Å². The fourth-order valence-electron chi connectivity index (χ4n) is 2.96. The van der Waals surface area contributed by atoms with Crippen LogP contribution in [0.3, 0.4) is 0 Å². The molecule has 1 heterocycles. The second kappa shape index (κ2) is 5.79. The summed E-state index contributed by atoms with van der Waals surface area (Å²) in [6.45, 7) is 4.42. The average molecular weight is 296 g/mol. The lowest BCUT2D eigenvalue weighted by molar-refractivity contribution is -0.128. The summed E-state index contributed by atoms with van der Waals surface area (Å²) in [6.07, 6.45) is 0.677. The Balaban J connectivity index is 1.86. The Kier molecular flexibility index (Phi) is 3.84. The minimum Gasteiger partial charge on any atom is -0.326 e. The number of hydrogen-bond acceptors (Lipinski definition) is 2. The fraction of sp³-hybridized carbons (Fsp3) is 0.333. The van der Waals surface area contributed by atoms with Crippen molar-refractivity contribution in [3.63, 3.8) is 0 Å². The van der Waals surface area contributed by atoms with Gasteiger partial charge in [0.15, 0.2) is 0 Å². The van der Waals surface area contributed by atoms with Gasteiger partial charge >= 0.3 is 6.03 Å². The van der Waals surface area contributed by atoms with Crippen LogP contribution in [0.25, 0.3) is 10.8 Å². The Morgan fingerprint density at radius 2 is 1.82 bits per heavy atom. The molecule has 1 fully saturated rings. The monoisotopic (exact) mass is 296 g/mol. The summed E-state index contributed by atoms with van der Waals surface area (Å²) >= 11 is 0. The minimum atomic E-state index is -0.387. The number of hydrogen-bond donors (Lipinski definition) is 1. The zero-order chi connectivity index (χ0) is 15.7. The van der Waals surface area contributed by atoms with Crippen molar-refractivity contribution in [3.05, 3.63) is 48.0 Å². The highest BCUT2D eigenvalue weighted by atomic mass is 16.2. The Labute approximate surface area is 130 Å². The summed E-state index contributed by atoms with van der Waals surface area (Å²) in [5.41, 5.74) is 0.992. The van der Waals surface area contributed by atoms with Crippen LogP contribution in [0.4, 0.5) is 4.79 Å². The molecule has 0 unspecified atom stereocenters. The van der Waals surface area contributed by atoms with Crippen molar-refractivity contribution in [3.8, 4) is 0 Å². The number of nitrogens with one attached hydrogen (secondary N) is 1. The Hall–Kier alpha value is -2.36. The molecule has 0 bridgehead atoms. The standard InChI is InChI=1S/C18H20N2O2/c1-12(2)10-16-17(21)20(18(22)19-16)11-14-8-5-7-13-6-3-4-9-15(13)14/h3-9,12,16H,10-11H2,1-2H3,(H,19,22)/t16-/m1/s1. The van der Waals surface area contributed by atoms with Crippen molar-refractivity contribution in [1.82, 2.24) is 10.2 Å². The first-order valence-electron chi connectivity index (χ1n) is 7.65. The minimum absolute atomic E-state index is 0.119. The predicted octanol–water partition coefficient (Wildman–Crippen LogP) is 3.31. The maximum Gasteiger partial charge on any atom is 0.325 e. The maximum atomic E-state index is 12.4. The molecule has 0 aromatic heterocycles. The van der Waals surface area contributed by atoms with Gasteiger partial charge in [0.2, 0.25) is 0 Å². The lowest BCUT2D eigenvalue weighted by Gasteiger charge is -2.15. The molecule has 1 N–H and O–H groups in total. The third-order valence-corrected chi connectivity index (χ3v) is 4.02. The number of amides is 3. The van der Waals surface area contributed by atoms with E-state index >= 15 is 0 Å². The molecule has 22 heavy (non-hydrogen) atoms. The quantitative estimate of drug-likeness (QED) is 0.880. The van der Waals surface area contributed by atoms with Crippen LogP contribution in [0.1, 0.15) is 25.8 Å². The van der Waals surface area contributed by atoms with Crippen molar-refractivity contribution in [1.29, 1.82) is 0 Å². The lowest BCUT2D eigenvalue weighted by Crippen LogP contribution is -2.31. The van der Waals surface area contributed by atoms with E-state index in [4.69, 9.17) is 0 Å². The summed E-state index contributed by atoms with van der Waals surface area (Å²) in [6, 6.07) is 13.3. The number of imide groups is 1. The second-order valence-electron chi connectivity index (χ2n) is 6.19. The average Bonchev–Trinajstić information content (AvgIpc) is 2.74. The first-order chi connectivity index (χ1) is 10.6. The highest BCUT2D eigenvalue weighted by Crippen LogP contribution is 2.22. The van der Waals surface area contributed by atoms with Crippen LogP contribution < -0.4 is 5.32 Å². The van der Waals surface area contributed by atoms with Gasteiger partial charge in [-0.2, -0.15) is 0 Å². The zero-order valence-corrected chi connectivity index (χ0v) is 12.9. The highest BCUT2D eigenvalue weighted by molar-refractivity contribution is 6.04. The van der Waals surface area contributed by atoms with Crippen molar-refractivity contribution in [2.45, 2.75) is 32.9 Å². The molecule has 0 spiro atoms. The van der Waals surface area contributed by atoms with E-state index in [1.54, 1.807) is 0 Å². The van der Waals surface area contributed by atoms with E-state index in [0.717, 1.165) is 16.3 Å². The summed E-state index contributed by atoms with van der Waals surface area (Å²) in [5, 5.41) is 4.99. The molecule has 0 aliphatic carbocycles. The van der Waals surface area contributed by atoms with Gasteiger partial charge in [-0.3, -0.25) is 9.69 Å². The Morgan fingerprint density at radius 1 is 1.09 bits per heavy atom. The summed E-state index contributed by atoms with van der Waals surface area (Å²) < 4.78 is 0. The number of fused-ring (bicyclic) bond motifs is 1. The van der Waals surface area contributed by atoms with Gasteiger partial charge < -0.3 is 5.32 Å². The van der Waals surface area contributed by atoms with Gasteiger partial charge in [-0.25, -0.2) is 4.79 Å². The van der Waals surface area contributed by atoms with Gasteiger partial charge in [0.05, 0.1) is 6.54 Å². The molecule has 0 saturated carbocycles. The highest BCUT2D eigenvalue weighted by Gasteiger charge is 2.38. The molecular weight excluding hydrogens is 276 g/mol. The molecule has 4 heteroatoms. The molecular formula is C18H20N2O2. The SMILES string of the molecule is CC(C)C[C@H]1NC(=O)N(Cc2cccc3ccccc23)C1=O. The molecule has 2 aromatic carbocycles. The number of benzene rings is 2. The smallest absolute Gasteiger partial charge is 0.325 e. The topological polar surface area (TPSA) is 49.4 Å². The van der Waals surface area contributed by atoms with Crippen molar-refractivity contribution in [2.24, 2.45) is 5.92 Å². The normalized spacial score (nSPS) is 18.3. The van der Waals surface area contributed by atoms with Crippen LogP contribution in [-0.4, -0.2) is 22.9 Å². The summed E-state index contributed by atoms with van der Waals surface area (Å²) in [4.78, 5) is 25.9. The van der Waals surface area contributed by atoms with E-state index in [1.165, 1.54) is 4.90 Å². The van der Waals surface area contributed by atoms with Crippen molar-refractivity contribution < 1.29 is 9.59 Å². The van der Waals surface area contributed by atoms with E-state index in [9.17, 15) is 9.59 Å². The van der Waals surface area contributed by atoms with E-state index in [2.05, 4.69) is 5.32 Å². The van der Waals surface area contributed by atoms with Gasteiger partial charge in [-0.1, -0.05) is 56.3 Å². The molecule has 1 aliphatic rings. The number of urea groups is 1. The molecule has 1 saturated heterocycles. The first-order valence-corrected chi connectivity index (χ1v) is 7.65. The van der Waals surface area contributed by atoms with Gasteiger partial charge in [0.25, 0.3) is 5.91 Å². The van der Waals surface area contributed by atoms with Crippen LogP contribution in [0.15, 0.2) is 42.5 Å². The maximum absolute atomic E-state index is 12.4. The molecule has 3 amide bonds. The van der Waals surface area contributed by atoms with E-state index in [0.29, 0.717) is 18.9 Å². The molecule has 1 atom stereocenters. The van der Waals surface area contributed by atoms with Crippen molar-refractivity contribution >= 4 is 22.7 Å². The molecule has 114 valence electrons. The summed E-state index contributed by atoms with van der Waals surface area (Å²) in [7, 11) is 0. The first kappa shape index (κ1) is 14.6. The van der Waals surface area contributed by atoms with Crippen molar-refractivity contribution in [2.75, 3.05) is 0 Å². The summed E-state index contributed by atoms with van der Waals surface area (Å²) in [5.74, 6) is 0.249. The third kappa shape index (κ3) is 2.69. The Morgan fingerprint density at radius 3 is 2.59 bits per heavy atom.